The minimum absolute atomic E-state index is 0.309. The van der Waals surface area contributed by atoms with E-state index in [1.165, 1.54) is 12.3 Å². The lowest BCUT2D eigenvalue weighted by molar-refractivity contribution is 0.0526. The molecule has 0 saturated heterocycles. The maximum absolute atomic E-state index is 11.4. The fourth-order valence-corrected chi connectivity index (χ4v) is 1.39. The fraction of sp³-hybridized carbons (Fsp3) is 0.182. The molecule has 0 radical (unpaired) electrons. The van der Waals surface area contributed by atoms with Crippen molar-refractivity contribution in [2.45, 2.75) is 6.92 Å². The predicted molar refractivity (Wildman–Crippen MR) is 54.3 cm³/mol. The first kappa shape index (κ1) is 9.58. The average Bonchev–Trinajstić information content (AvgIpc) is 2.60. The zero-order valence-corrected chi connectivity index (χ0v) is 8.19. The van der Waals surface area contributed by atoms with Crippen molar-refractivity contribution in [1.82, 2.24) is 0 Å². The summed E-state index contributed by atoms with van der Waals surface area (Å²) in [5, 5.41) is 0. The van der Waals surface area contributed by atoms with Gasteiger partial charge < -0.3 is 4.74 Å². The summed E-state index contributed by atoms with van der Waals surface area (Å²) in [5.41, 5.74) is 1.59. The van der Waals surface area contributed by atoms with Crippen LogP contribution in [0.1, 0.15) is 33.2 Å². The summed E-state index contributed by atoms with van der Waals surface area (Å²) in [7, 11) is 0. The minimum atomic E-state index is -0.417. The van der Waals surface area contributed by atoms with E-state index in [9.17, 15) is 9.59 Å². The van der Waals surface area contributed by atoms with Crippen molar-refractivity contribution in [2.75, 3.05) is 6.61 Å². The topological polar surface area (TPSA) is 55.7 Å². The predicted octanol–water partition coefficient (Wildman–Crippen LogP) is 1.44. The third-order valence-electron chi connectivity index (χ3n) is 2.12. The molecule has 1 aromatic rings. The number of benzene rings is 1. The molecule has 0 spiro atoms. The second-order valence-electron chi connectivity index (χ2n) is 3.09. The van der Waals surface area contributed by atoms with Crippen LogP contribution >= 0.6 is 0 Å². The third kappa shape index (κ3) is 1.66. The van der Waals surface area contributed by atoms with Gasteiger partial charge in [-0.15, -0.1) is 0 Å². The summed E-state index contributed by atoms with van der Waals surface area (Å²) in [6.07, 6.45) is 1.49. The Labute approximate surface area is 86.6 Å². The van der Waals surface area contributed by atoms with Gasteiger partial charge in [0.15, 0.2) is 0 Å². The van der Waals surface area contributed by atoms with Gasteiger partial charge in [-0.3, -0.25) is 4.79 Å². The van der Waals surface area contributed by atoms with Crippen LogP contribution in [-0.2, 0) is 4.74 Å². The smallest absolute Gasteiger partial charge is 0.338 e. The standard InChI is InChI=1S/C11H9NO3/c1-2-15-11(14)7-3-4-8-6-12-10(13)9(8)5-7/h3-6H,2H2,1H3. The number of amides is 1. The van der Waals surface area contributed by atoms with E-state index in [2.05, 4.69) is 4.99 Å². The van der Waals surface area contributed by atoms with Gasteiger partial charge in [0, 0.05) is 11.8 Å². The van der Waals surface area contributed by atoms with Crippen LogP contribution in [0, 0.1) is 0 Å². The van der Waals surface area contributed by atoms with Crippen LogP contribution in [0.2, 0.25) is 0 Å². The number of carbonyl (C=O) groups excluding carboxylic acids is 2. The molecule has 1 aliphatic rings. The molecule has 2 rings (SSSR count). The van der Waals surface area contributed by atoms with Gasteiger partial charge in [0.05, 0.1) is 17.7 Å². The number of hydrogen-bond acceptors (Lipinski definition) is 3. The molecule has 1 amide bonds. The van der Waals surface area contributed by atoms with Crippen molar-refractivity contribution in [3.63, 3.8) is 0 Å². The number of esters is 1. The molecule has 4 heteroatoms. The van der Waals surface area contributed by atoms with E-state index in [0.717, 1.165) is 5.56 Å². The SMILES string of the molecule is CCOC(=O)c1ccc2c(c1)C(=O)N=C2. The van der Waals surface area contributed by atoms with Crippen LogP contribution in [0.4, 0.5) is 0 Å². The van der Waals surface area contributed by atoms with Crippen molar-refractivity contribution in [3.05, 3.63) is 34.9 Å². The van der Waals surface area contributed by atoms with Crippen LogP contribution in [-0.4, -0.2) is 24.7 Å². The Bertz CT molecular complexity index is 463. The molecule has 0 N–H and O–H groups in total. The maximum atomic E-state index is 11.4. The Kier molecular flexibility index (Phi) is 2.33. The molecule has 0 unspecified atom stereocenters. The summed E-state index contributed by atoms with van der Waals surface area (Å²) in [4.78, 5) is 26.3. The van der Waals surface area contributed by atoms with E-state index in [0.29, 0.717) is 17.7 Å². The van der Waals surface area contributed by atoms with Crippen LogP contribution in [0.3, 0.4) is 0 Å². The quantitative estimate of drug-likeness (QED) is 0.683. The third-order valence-corrected chi connectivity index (χ3v) is 2.12. The highest BCUT2D eigenvalue weighted by atomic mass is 16.5. The van der Waals surface area contributed by atoms with E-state index in [4.69, 9.17) is 4.74 Å². The molecule has 15 heavy (non-hydrogen) atoms. The summed E-state index contributed by atoms with van der Waals surface area (Å²) in [6.45, 7) is 2.06. The first-order valence-corrected chi connectivity index (χ1v) is 4.62. The molecule has 0 saturated carbocycles. The number of nitrogens with zero attached hydrogens (tertiary/aromatic N) is 1. The molecule has 0 bridgehead atoms. The van der Waals surface area contributed by atoms with E-state index < -0.39 is 5.97 Å². The molecular formula is C11H9NO3. The summed E-state index contributed by atoms with van der Waals surface area (Å²) in [5.74, 6) is -0.726. The van der Waals surface area contributed by atoms with Gasteiger partial charge in [-0.05, 0) is 19.1 Å². The van der Waals surface area contributed by atoms with Gasteiger partial charge in [-0.2, -0.15) is 0 Å². The zero-order valence-electron chi connectivity index (χ0n) is 8.19. The summed E-state index contributed by atoms with van der Waals surface area (Å²) < 4.78 is 4.83. The lowest BCUT2D eigenvalue weighted by atomic mass is 10.1. The van der Waals surface area contributed by atoms with Gasteiger partial charge in [0.1, 0.15) is 0 Å². The van der Waals surface area contributed by atoms with E-state index in [-0.39, 0.29) is 5.91 Å². The lowest BCUT2D eigenvalue weighted by Crippen LogP contribution is -2.06. The van der Waals surface area contributed by atoms with Gasteiger partial charge in [-0.25, -0.2) is 9.79 Å². The van der Waals surface area contributed by atoms with Crippen LogP contribution < -0.4 is 0 Å². The second kappa shape index (κ2) is 3.65. The lowest BCUT2D eigenvalue weighted by Gasteiger charge is -2.02. The molecule has 0 aromatic heterocycles. The molecule has 0 aliphatic carbocycles. The number of hydrogen-bond donors (Lipinski definition) is 0. The highest BCUT2D eigenvalue weighted by Crippen LogP contribution is 2.17. The van der Waals surface area contributed by atoms with Gasteiger partial charge in [0.25, 0.3) is 5.91 Å². The molecular weight excluding hydrogens is 194 g/mol. The summed E-state index contributed by atoms with van der Waals surface area (Å²) >= 11 is 0. The highest BCUT2D eigenvalue weighted by Gasteiger charge is 2.17. The van der Waals surface area contributed by atoms with Crippen molar-refractivity contribution in [1.29, 1.82) is 0 Å². The Morgan fingerprint density at radius 2 is 2.27 bits per heavy atom. The molecule has 1 heterocycles. The Balaban J connectivity index is 2.35. The molecule has 1 aromatic carbocycles. The molecule has 4 nitrogen and oxygen atoms in total. The number of carbonyl (C=O) groups is 2. The zero-order chi connectivity index (χ0) is 10.8. The normalized spacial score (nSPS) is 12.7. The first-order chi connectivity index (χ1) is 7.22. The maximum Gasteiger partial charge on any atom is 0.338 e. The fourth-order valence-electron chi connectivity index (χ4n) is 1.39. The molecule has 0 fully saturated rings. The number of fused-ring (bicyclic) bond motifs is 1. The van der Waals surface area contributed by atoms with Crippen molar-refractivity contribution < 1.29 is 14.3 Å². The van der Waals surface area contributed by atoms with Crippen LogP contribution in [0.5, 0.6) is 0 Å². The number of aliphatic imine (C=N–C) groups is 1. The Morgan fingerprint density at radius 3 is 3.00 bits per heavy atom. The van der Waals surface area contributed by atoms with Crippen LogP contribution in [0.25, 0.3) is 0 Å². The van der Waals surface area contributed by atoms with Gasteiger partial charge in [-0.1, -0.05) is 6.07 Å². The van der Waals surface area contributed by atoms with Gasteiger partial charge in [0.2, 0.25) is 0 Å². The largest absolute Gasteiger partial charge is 0.462 e. The minimum Gasteiger partial charge on any atom is -0.462 e. The monoisotopic (exact) mass is 203 g/mol. The molecule has 0 atom stereocenters. The number of rotatable bonds is 2. The first-order valence-electron chi connectivity index (χ1n) is 4.62. The molecule has 1 aliphatic heterocycles. The Morgan fingerprint density at radius 1 is 1.47 bits per heavy atom. The van der Waals surface area contributed by atoms with E-state index >= 15 is 0 Å². The second-order valence-corrected chi connectivity index (χ2v) is 3.09. The van der Waals surface area contributed by atoms with Crippen molar-refractivity contribution in [2.24, 2.45) is 4.99 Å². The van der Waals surface area contributed by atoms with Crippen molar-refractivity contribution in [3.8, 4) is 0 Å². The van der Waals surface area contributed by atoms with Gasteiger partial charge >= 0.3 is 5.97 Å². The van der Waals surface area contributed by atoms with Crippen LogP contribution in [0.15, 0.2) is 23.2 Å². The Hall–Kier alpha value is -1.97. The van der Waals surface area contributed by atoms with E-state index in [1.807, 2.05) is 0 Å². The number of ether oxygens (including phenoxy) is 1. The molecule has 76 valence electrons. The van der Waals surface area contributed by atoms with Crippen molar-refractivity contribution >= 4 is 18.1 Å². The average molecular weight is 203 g/mol. The van der Waals surface area contributed by atoms with E-state index in [1.54, 1.807) is 19.1 Å². The highest BCUT2D eigenvalue weighted by molar-refractivity contribution is 6.13. The summed E-state index contributed by atoms with van der Waals surface area (Å²) in [6, 6.07) is 4.83.